The van der Waals surface area contributed by atoms with Crippen molar-refractivity contribution >= 4 is 17.5 Å². The minimum absolute atomic E-state index is 0.0261. The zero-order chi connectivity index (χ0) is 14.9. The molecule has 2 rings (SSSR count). The van der Waals surface area contributed by atoms with Crippen LogP contribution in [0.4, 0.5) is 10.1 Å². The number of benzene rings is 1. The van der Waals surface area contributed by atoms with Crippen LogP contribution in [-0.4, -0.2) is 23.9 Å². The number of amides is 2. The van der Waals surface area contributed by atoms with Gasteiger partial charge >= 0.3 is 0 Å². The lowest BCUT2D eigenvalue weighted by Crippen LogP contribution is -2.65. The molecule has 5 heteroatoms. The topological polar surface area (TPSA) is 49.4 Å². The van der Waals surface area contributed by atoms with Gasteiger partial charge in [-0.25, -0.2) is 4.39 Å². The summed E-state index contributed by atoms with van der Waals surface area (Å²) < 4.78 is 13.0. The van der Waals surface area contributed by atoms with Crippen LogP contribution in [0.25, 0.3) is 0 Å². The van der Waals surface area contributed by atoms with Crippen LogP contribution in [0.1, 0.15) is 27.2 Å². The molecule has 2 amide bonds. The molecule has 20 heavy (non-hydrogen) atoms. The molecule has 2 atom stereocenters. The first-order chi connectivity index (χ1) is 9.45. The third-order valence-electron chi connectivity index (χ3n) is 3.54. The van der Waals surface area contributed by atoms with Crippen molar-refractivity contribution in [3.05, 3.63) is 30.1 Å². The van der Waals surface area contributed by atoms with Gasteiger partial charge in [-0.15, -0.1) is 0 Å². The molecule has 1 N–H and O–H groups in total. The van der Waals surface area contributed by atoms with E-state index in [0.29, 0.717) is 12.1 Å². The minimum Gasteiger partial charge on any atom is -0.342 e. The molecule has 0 aliphatic carbocycles. The second-order valence-corrected chi connectivity index (χ2v) is 5.34. The number of rotatable bonds is 3. The normalized spacial score (nSPS) is 23.1. The number of piperazine rings is 1. The van der Waals surface area contributed by atoms with Crippen LogP contribution >= 0.6 is 0 Å². The fourth-order valence-corrected chi connectivity index (χ4v) is 2.51. The predicted molar refractivity (Wildman–Crippen MR) is 74.7 cm³/mol. The van der Waals surface area contributed by atoms with Gasteiger partial charge in [0.25, 0.3) is 0 Å². The molecule has 4 nitrogen and oxygen atoms in total. The van der Waals surface area contributed by atoms with Gasteiger partial charge in [-0.05, 0) is 36.6 Å². The molecule has 1 aromatic rings. The maximum absolute atomic E-state index is 13.0. The molecule has 1 aliphatic rings. The zero-order valence-corrected chi connectivity index (χ0v) is 11.9. The first-order valence-corrected chi connectivity index (χ1v) is 6.84. The van der Waals surface area contributed by atoms with Crippen LogP contribution in [0.3, 0.4) is 0 Å². The van der Waals surface area contributed by atoms with Crippen LogP contribution in [0.15, 0.2) is 24.3 Å². The molecule has 108 valence electrons. The molecule has 0 bridgehead atoms. The molecule has 1 fully saturated rings. The van der Waals surface area contributed by atoms with E-state index < -0.39 is 12.1 Å². The van der Waals surface area contributed by atoms with E-state index in [-0.39, 0.29) is 23.5 Å². The summed E-state index contributed by atoms with van der Waals surface area (Å²) >= 11 is 0. The quantitative estimate of drug-likeness (QED) is 0.920. The summed E-state index contributed by atoms with van der Waals surface area (Å²) in [6.45, 7) is 5.63. The van der Waals surface area contributed by atoms with E-state index in [9.17, 15) is 14.0 Å². The average molecular weight is 278 g/mol. The predicted octanol–water partition coefficient (Wildman–Crippen LogP) is 2.09. The van der Waals surface area contributed by atoms with Gasteiger partial charge in [0.15, 0.2) is 0 Å². The zero-order valence-electron chi connectivity index (χ0n) is 11.9. The van der Waals surface area contributed by atoms with E-state index in [1.165, 1.54) is 29.2 Å². The average Bonchev–Trinajstić information content (AvgIpc) is 2.41. The standard InChI is InChI=1S/C15H19FN2O2/c1-4-12-15(20)18(11-7-5-10(16)6-8-11)13(9(2)3)14(19)17-12/h5-9,12-13H,4H2,1-3H3,(H,17,19). The highest BCUT2D eigenvalue weighted by molar-refractivity contribution is 6.08. The first-order valence-electron chi connectivity index (χ1n) is 6.84. The largest absolute Gasteiger partial charge is 0.342 e. The smallest absolute Gasteiger partial charge is 0.250 e. The summed E-state index contributed by atoms with van der Waals surface area (Å²) in [6.07, 6.45) is 0.535. The van der Waals surface area contributed by atoms with Gasteiger partial charge in [0.05, 0.1) is 0 Å². The van der Waals surface area contributed by atoms with Crippen LogP contribution in [0, 0.1) is 11.7 Å². The Labute approximate surface area is 118 Å². The van der Waals surface area contributed by atoms with Gasteiger partial charge in [0, 0.05) is 5.69 Å². The van der Waals surface area contributed by atoms with Crippen molar-refractivity contribution in [2.45, 2.75) is 39.3 Å². The summed E-state index contributed by atoms with van der Waals surface area (Å²) in [6, 6.07) is 4.60. The molecule has 1 heterocycles. The molecular weight excluding hydrogens is 259 g/mol. The Morgan fingerprint density at radius 1 is 1.25 bits per heavy atom. The van der Waals surface area contributed by atoms with Crippen molar-refractivity contribution in [3.8, 4) is 0 Å². The Kier molecular flexibility index (Phi) is 4.06. The number of halogens is 1. The number of carbonyl (C=O) groups is 2. The van der Waals surface area contributed by atoms with Crippen molar-refractivity contribution in [3.63, 3.8) is 0 Å². The molecule has 0 radical (unpaired) electrons. The molecule has 0 spiro atoms. The van der Waals surface area contributed by atoms with Crippen LogP contribution in [0.5, 0.6) is 0 Å². The fraction of sp³-hybridized carbons (Fsp3) is 0.467. The third kappa shape index (κ3) is 2.53. The van der Waals surface area contributed by atoms with Crippen LogP contribution in [0.2, 0.25) is 0 Å². The number of hydrogen-bond acceptors (Lipinski definition) is 2. The first kappa shape index (κ1) is 14.5. The maximum Gasteiger partial charge on any atom is 0.250 e. The number of anilines is 1. The van der Waals surface area contributed by atoms with Crippen molar-refractivity contribution < 1.29 is 14.0 Å². The summed E-state index contributed by atoms with van der Waals surface area (Å²) in [5, 5.41) is 2.75. The fourth-order valence-electron chi connectivity index (χ4n) is 2.51. The number of nitrogens with zero attached hydrogens (tertiary/aromatic N) is 1. The van der Waals surface area contributed by atoms with Crippen LogP contribution in [-0.2, 0) is 9.59 Å². The SMILES string of the molecule is CCC1NC(=O)C(C(C)C)N(c2ccc(F)cc2)C1=O. The Balaban J connectivity index is 2.44. The van der Waals surface area contributed by atoms with Crippen LogP contribution < -0.4 is 10.2 Å². The van der Waals surface area contributed by atoms with E-state index in [0.717, 1.165) is 0 Å². The van der Waals surface area contributed by atoms with Gasteiger partial charge < -0.3 is 5.32 Å². The summed E-state index contributed by atoms with van der Waals surface area (Å²) in [5.74, 6) is -0.689. The highest BCUT2D eigenvalue weighted by Gasteiger charge is 2.41. The lowest BCUT2D eigenvalue weighted by molar-refractivity contribution is -0.134. The maximum atomic E-state index is 13.0. The van der Waals surface area contributed by atoms with Crippen molar-refractivity contribution in [2.24, 2.45) is 5.92 Å². The number of carbonyl (C=O) groups excluding carboxylic acids is 2. The molecule has 1 aliphatic heterocycles. The van der Waals surface area contributed by atoms with Gasteiger partial charge in [-0.3, -0.25) is 14.5 Å². The minimum atomic E-state index is -0.559. The second-order valence-electron chi connectivity index (χ2n) is 5.34. The molecule has 0 aromatic heterocycles. The Morgan fingerprint density at radius 3 is 2.35 bits per heavy atom. The molecule has 1 saturated heterocycles. The lowest BCUT2D eigenvalue weighted by atomic mass is 9.95. The van der Waals surface area contributed by atoms with Gasteiger partial charge in [0.1, 0.15) is 17.9 Å². The lowest BCUT2D eigenvalue weighted by Gasteiger charge is -2.40. The van der Waals surface area contributed by atoms with E-state index in [1.807, 2.05) is 20.8 Å². The number of nitrogens with one attached hydrogen (secondary N) is 1. The second kappa shape index (κ2) is 5.61. The molecule has 2 unspecified atom stereocenters. The van der Waals surface area contributed by atoms with E-state index in [2.05, 4.69) is 5.32 Å². The Morgan fingerprint density at radius 2 is 1.85 bits per heavy atom. The Bertz CT molecular complexity index is 513. The molecule has 1 aromatic carbocycles. The van der Waals surface area contributed by atoms with Crippen molar-refractivity contribution in [1.29, 1.82) is 0 Å². The van der Waals surface area contributed by atoms with E-state index >= 15 is 0 Å². The third-order valence-corrected chi connectivity index (χ3v) is 3.54. The van der Waals surface area contributed by atoms with Gasteiger partial charge in [-0.1, -0.05) is 20.8 Å². The monoisotopic (exact) mass is 278 g/mol. The van der Waals surface area contributed by atoms with E-state index in [1.54, 1.807) is 0 Å². The number of hydrogen-bond donors (Lipinski definition) is 1. The Hall–Kier alpha value is -1.91. The summed E-state index contributed by atoms with van der Waals surface area (Å²) in [7, 11) is 0. The summed E-state index contributed by atoms with van der Waals surface area (Å²) in [4.78, 5) is 26.2. The van der Waals surface area contributed by atoms with Gasteiger partial charge in [0.2, 0.25) is 11.8 Å². The van der Waals surface area contributed by atoms with Crippen molar-refractivity contribution in [2.75, 3.05) is 4.90 Å². The molecular formula is C15H19FN2O2. The highest BCUT2D eigenvalue weighted by Crippen LogP contribution is 2.26. The van der Waals surface area contributed by atoms with E-state index in [4.69, 9.17) is 0 Å². The molecule has 0 saturated carbocycles. The van der Waals surface area contributed by atoms with Crippen molar-refractivity contribution in [1.82, 2.24) is 5.32 Å². The van der Waals surface area contributed by atoms with Gasteiger partial charge in [-0.2, -0.15) is 0 Å². The summed E-state index contributed by atoms with van der Waals surface area (Å²) in [5.41, 5.74) is 0.559. The highest BCUT2D eigenvalue weighted by atomic mass is 19.1.